The first-order valence-corrected chi connectivity index (χ1v) is 5.40. The van der Waals surface area contributed by atoms with Crippen molar-refractivity contribution in [1.29, 1.82) is 0 Å². The van der Waals surface area contributed by atoms with Crippen molar-refractivity contribution < 1.29 is 5.11 Å². The van der Waals surface area contributed by atoms with E-state index in [9.17, 15) is 5.11 Å². The van der Waals surface area contributed by atoms with Gasteiger partial charge in [-0.15, -0.1) is 0 Å². The van der Waals surface area contributed by atoms with E-state index < -0.39 is 0 Å². The quantitative estimate of drug-likeness (QED) is 0.843. The Bertz CT molecular complexity index is 338. The van der Waals surface area contributed by atoms with Crippen LogP contribution in [0.25, 0.3) is 0 Å². The molecule has 0 spiro atoms. The average Bonchev–Trinajstić information content (AvgIpc) is 2.95. The zero-order chi connectivity index (χ0) is 10.8. The fraction of sp³-hybridized carbons (Fsp3) is 0.625. The number of aromatic nitrogens is 3. The standard InChI is InChI=1S/C8H10Cl2N4O/c9-6-12-7(10)14-8(13-6)11-3-5(15)4-1-2-4/h4-5,15H,1-3H2,(H,11,12,13,14). The molecule has 5 nitrogen and oxygen atoms in total. The maximum atomic E-state index is 9.59. The van der Waals surface area contributed by atoms with E-state index in [0.29, 0.717) is 18.4 Å². The van der Waals surface area contributed by atoms with E-state index in [4.69, 9.17) is 23.2 Å². The van der Waals surface area contributed by atoms with E-state index in [0.717, 1.165) is 12.8 Å². The van der Waals surface area contributed by atoms with Crippen molar-refractivity contribution >= 4 is 29.2 Å². The van der Waals surface area contributed by atoms with Crippen LogP contribution in [0, 0.1) is 5.92 Å². The summed E-state index contributed by atoms with van der Waals surface area (Å²) in [6.07, 6.45) is 1.81. The summed E-state index contributed by atoms with van der Waals surface area (Å²) in [7, 11) is 0. The molecule has 1 aromatic rings. The fourth-order valence-electron chi connectivity index (χ4n) is 1.25. The minimum atomic E-state index is -0.362. The minimum absolute atomic E-state index is 0.0402. The predicted octanol–water partition coefficient (Wildman–Crippen LogP) is 1.36. The van der Waals surface area contributed by atoms with Crippen LogP contribution in [0.4, 0.5) is 5.95 Å². The monoisotopic (exact) mass is 248 g/mol. The molecule has 1 aliphatic carbocycles. The first kappa shape index (κ1) is 10.9. The van der Waals surface area contributed by atoms with Gasteiger partial charge in [-0.3, -0.25) is 0 Å². The van der Waals surface area contributed by atoms with Crippen LogP contribution in [0.1, 0.15) is 12.8 Å². The number of rotatable bonds is 4. The van der Waals surface area contributed by atoms with E-state index in [-0.39, 0.29) is 16.7 Å². The third-order valence-electron chi connectivity index (χ3n) is 2.22. The molecule has 1 aliphatic rings. The van der Waals surface area contributed by atoms with Crippen LogP contribution in [0.2, 0.25) is 10.6 Å². The van der Waals surface area contributed by atoms with Gasteiger partial charge in [0.1, 0.15) is 0 Å². The lowest BCUT2D eigenvalue weighted by Crippen LogP contribution is -2.22. The van der Waals surface area contributed by atoms with Crippen LogP contribution in [0.5, 0.6) is 0 Å². The molecule has 1 aromatic heterocycles. The van der Waals surface area contributed by atoms with E-state index in [1.807, 2.05) is 0 Å². The van der Waals surface area contributed by atoms with Crippen molar-refractivity contribution in [2.24, 2.45) is 5.92 Å². The van der Waals surface area contributed by atoms with Gasteiger partial charge in [-0.25, -0.2) is 0 Å². The van der Waals surface area contributed by atoms with Crippen LogP contribution in [-0.2, 0) is 0 Å². The molecule has 15 heavy (non-hydrogen) atoms. The summed E-state index contributed by atoms with van der Waals surface area (Å²) in [4.78, 5) is 11.3. The van der Waals surface area contributed by atoms with Gasteiger partial charge in [-0.1, -0.05) is 0 Å². The lowest BCUT2D eigenvalue weighted by Gasteiger charge is -2.10. The van der Waals surface area contributed by atoms with Gasteiger partial charge in [0.05, 0.1) is 6.10 Å². The molecule has 0 aromatic carbocycles. The van der Waals surface area contributed by atoms with Gasteiger partial charge < -0.3 is 10.4 Å². The van der Waals surface area contributed by atoms with Crippen LogP contribution >= 0.6 is 23.2 Å². The number of aliphatic hydroxyl groups is 1. The summed E-state index contributed by atoms with van der Waals surface area (Å²) in [5, 5.41) is 12.5. The lowest BCUT2D eigenvalue weighted by molar-refractivity contribution is 0.164. The minimum Gasteiger partial charge on any atom is -0.391 e. The first-order valence-electron chi connectivity index (χ1n) is 4.64. The smallest absolute Gasteiger partial charge is 0.228 e. The van der Waals surface area contributed by atoms with Crippen LogP contribution < -0.4 is 5.32 Å². The third-order valence-corrected chi connectivity index (χ3v) is 2.55. The maximum Gasteiger partial charge on any atom is 0.228 e. The van der Waals surface area contributed by atoms with Gasteiger partial charge in [0, 0.05) is 6.54 Å². The second-order valence-electron chi connectivity index (χ2n) is 3.48. The van der Waals surface area contributed by atoms with Gasteiger partial charge in [-0.05, 0) is 42.0 Å². The number of hydrogen-bond donors (Lipinski definition) is 2. The Morgan fingerprint density at radius 1 is 1.27 bits per heavy atom. The summed E-state index contributed by atoms with van der Waals surface area (Å²) in [5.74, 6) is 0.699. The Morgan fingerprint density at radius 2 is 1.87 bits per heavy atom. The second-order valence-corrected chi connectivity index (χ2v) is 4.16. The van der Waals surface area contributed by atoms with Crippen molar-refractivity contribution in [3.63, 3.8) is 0 Å². The van der Waals surface area contributed by atoms with Gasteiger partial charge >= 0.3 is 0 Å². The van der Waals surface area contributed by atoms with Crippen LogP contribution in [-0.4, -0.2) is 32.7 Å². The van der Waals surface area contributed by atoms with E-state index >= 15 is 0 Å². The summed E-state index contributed by atoms with van der Waals surface area (Å²) in [6.45, 7) is 0.404. The fourth-order valence-corrected chi connectivity index (χ4v) is 1.61. The topological polar surface area (TPSA) is 70.9 Å². The summed E-state index contributed by atoms with van der Waals surface area (Å²) < 4.78 is 0. The number of hydrogen-bond acceptors (Lipinski definition) is 5. The van der Waals surface area contributed by atoms with Crippen molar-refractivity contribution in [3.05, 3.63) is 10.6 Å². The SMILES string of the molecule is OC(CNc1nc(Cl)nc(Cl)n1)C1CC1. The summed E-state index contributed by atoms with van der Waals surface area (Å²) in [5.41, 5.74) is 0. The Kier molecular flexibility index (Phi) is 3.23. The molecular weight excluding hydrogens is 239 g/mol. The molecule has 0 saturated heterocycles. The molecule has 1 unspecified atom stereocenters. The number of nitrogens with zero attached hydrogens (tertiary/aromatic N) is 3. The van der Waals surface area contributed by atoms with E-state index in [2.05, 4.69) is 20.3 Å². The highest BCUT2D eigenvalue weighted by Gasteiger charge is 2.29. The zero-order valence-electron chi connectivity index (χ0n) is 7.82. The van der Waals surface area contributed by atoms with Crippen molar-refractivity contribution in [2.45, 2.75) is 18.9 Å². The molecule has 1 fully saturated rings. The highest BCUT2D eigenvalue weighted by molar-refractivity contribution is 6.31. The molecule has 7 heteroatoms. The number of nitrogens with one attached hydrogen (secondary N) is 1. The first-order chi connectivity index (χ1) is 7.15. The van der Waals surface area contributed by atoms with E-state index in [1.165, 1.54) is 0 Å². The molecule has 0 radical (unpaired) electrons. The molecule has 2 N–H and O–H groups in total. The van der Waals surface area contributed by atoms with Crippen LogP contribution in [0.3, 0.4) is 0 Å². The van der Waals surface area contributed by atoms with Gasteiger partial charge in [0.2, 0.25) is 16.5 Å². The lowest BCUT2D eigenvalue weighted by atomic mass is 10.2. The molecule has 1 saturated carbocycles. The number of anilines is 1. The second kappa shape index (κ2) is 4.47. The van der Waals surface area contributed by atoms with Gasteiger partial charge in [0.15, 0.2) is 0 Å². The van der Waals surface area contributed by atoms with Gasteiger partial charge in [-0.2, -0.15) is 15.0 Å². The van der Waals surface area contributed by atoms with Crippen LogP contribution in [0.15, 0.2) is 0 Å². The Labute approximate surface area is 96.9 Å². The highest BCUT2D eigenvalue weighted by atomic mass is 35.5. The average molecular weight is 249 g/mol. The maximum absolute atomic E-state index is 9.59. The Morgan fingerprint density at radius 3 is 2.40 bits per heavy atom. The molecule has 0 bridgehead atoms. The predicted molar refractivity (Wildman–Crippen MR) is 57.1 cm³/mol. The number of halogens is 2. The molecule has 2 rings (SSSR count). The third kappa shape index (κ3) is 3.15. The summed E-state index contributed by atoms with van der Waals surface area (Å²) in [6, 6.07) is 0. The summed E-state index contributed by atoms with van der Waals surface area (Å²) >= 11 is 11.2. The Balaban J connectivity index is 1.91. The van der Waals surface area contributed by atoms with Crippen molar-refractivity contribution in [3.8, 4) is 0 Å². The normalized spacial score (nSPS) is 17.5. The van der Waals surface area contributed by atoms with Crippen molar-refractivity contribution in [1.82, 2.24) is 15.0 Å². The molecule has 0 amide bonds. The van der Waals surface area contributed by atoms with Gasteiger partial charge in [0.25, 0.3) is 0 Å². The molecule has 1 heterocycles. The van der Waals surface area contributed by atoms with E-state index in [1.54, 1.807) is 0 Å². The zero-order valence-corrected chi connectivity index (χ0v) is 9.33. The molecule has 82 valence electrons. The van der Waals surface area contributed by atoms with Crippen molar-refractivity contribution in [2.75, 3.05) is 11.9 Å². The molecular formula is C8H10Cl2N4O. The molecule has 1 atom stereocenters. The largest absolute Gasteiger partial charge is 0.391 e. The Hall–Kier alpha value is -0.650. The highest BCUT2D eigenvalue weighted by Crippen LogP contribution is 2.32. The number of aliphatic hydroxyl groups excluding tert-OH is 1. The molecule has 0 aliphatic heterocycles.